The van der Waals surface area contributed by atoms with E-state index in [4.69, 9.17) is 14.2 Å². The van der Waals surface area contributed by atoms with Crippen LogP contribution < -0.4 is 24.4 Å². The van der Waals surface area contributed by atoms with Crippen LogP contribution in [0, 0.1) is 0 Å². The number of fused-ring (bicyclic) bond motifs is 2. The minimum absolute atomic E-state index is 0.0153. The second-order valence-electron chi connectivity index (χ2n) is 8.48. The molecule has 2 N–H and O–H groups in total. The number of nitrogens with zero attached hydrogens (tertiary/aromatic N) is 1. The summed E-state index contributed by atoms with van der Waals surface area (Å²) < 4.78 is 16.6. The normalized spacial score (nSPS) is 12.7. The van der Waals surface area contributed by atoms with Gasteiger partial charge in [-0.15, -0.1) is 0 Å². The Morgan fingerprint density at radius 3 is 2.72 bits per heavy atom. The van der Waals surface area contributed by atoms with Crippen LogP contribution in [0.3, 0.4) is 0 Å². The highest BCUT2D eigenvalue weighted by Gasteiger charge is 2.25. The van der Waals surface area contributed by atoms with Gasteiger partial charge >= 0.3 is 0 Å². The van der Waals surface area contributed by atoms with Crippen molar-refractivity contribution in [2.75, 3.05) is 37.1 Å². The molecular weight excluding hydrogens is 458 g/mol. The molecule has 0 fully saturated rings. The number of ether oxygens (including phenoxy) is 3. The Morgan fingerprint density at radius 1 is 1.08 bits per heavy atom. The molecule has 1 aliphatic heterocycles. The Bertz CT molecular complexity index is 1380. The van der Waals surface area contributed by atoms with E-state index in [0.29, 0.717) is 36.7 Å². The van der Waals surface area contributed by atoms with Crippen molar-refractivity contribution in [1.82, 2.24) is 4.98 Å². The average molecular weight is 486 g/mol. The van der Waals surface area contributed by atoms with Crippen molar-refractivity contribution in [3.8, 4) is 17.2 Å². The summed E-state index contributed by atoms with van der Waals surface area (Å²) in [5.41, 5.74) is 3.17. The molecule has 0 unspecified atom stereocenters. The first kappa shape index (κ1) is 23.3. The zero-order chi connectivity index (χ0) is 24.9. The van der Waals surface area contributed by atoms with Crippen molar-refractivity contribution in [1.29, 1.82) is 0 Å². The third-order valence-electron chi connectivity index (χ3n) is 6.07. The molecule has 0 spiro atoms. The molecule has 3 aromatic carbocycles. The molecule has 0 saturated carbocycles. The molecule has 2 amide bonds. The summed E-state index contributed by atoms with van der Waals surface area (Å²) in [5, 5.41) is 3.98. The predicted octanol–water partition coefficient (Wildman–Crippen LogP) is 4.55. The van der Waals surface area contributed by atoms with Gasteiger partial charge in [-0.3, -0.25) is 9.59 Å². The van der Waals surface area contributed by atoms with Gasteiger partial charge in [0, 0.05) is 29.3 Å². The van der Waals surface area contributed by atoms with Crippen LogP contribution in [0.5, 0.6) is 17.2 Å². The van der Waals surface area contributed by atoms with Crippen molar-refractivity contribution in [2.24, 2.45) is 0 Å². The SMILES string of the molecule is COc1ccc(OCCCN2C(=O)COc3ccc(NC(=O)Cc4c[nH]c5ccccc45)cc32)cc1. The molecule has 0 aliphatic carbocycles. The number of H-pyrrole nitrogens is 1. The molecule has 0 radical (unpaired) electrons. The number of para-hydroxylation sites is 1. The number of rotatable bonds is 9. The minimum Gasteiger partial charge on any atom is -0.497 e. The zero-order valence-electron chi connectivity index (χ0n) is 20.0. The number of nitrogens with one attached hydrogen (secondary N) is 2. The summed E-state index contributed by atoms with van der Waals surface area (Å²) in [5.74, 6) is 1.85. The van der Waals surface area contributed by atoms with Gasteiger partial charge in [-0.2, -0.15) is 0 Å². The molecule has 36 heavy (non-hydrogen) atoms. The van der Waals surface area contributed by atoms with E-state index in [1.165, 1.54) is 0 Å². The van der Waals surface area contributed by atoms with E-state index in [2.05, 4.69) is 10.3 Å². The Morgan fingerprint density at radius 2 is 1.89 bits per heavy atom. The number of amides is 2. The van der Waals surface area contributed by atoms with E-state index >= 15 is 0 Å². The highest BCUT2D eigenvalue weighted by atomic mass is 16.5. The number of carbonyl (C=O) groups is 2. The second kappa shape index (κ2) is 10.4. The second-order valence-corrected chi connectivity index (χ2v) is 8.48. The third kappa shape index (κ3) is 5.12. The Hall–Kier alpha value is -4.46. The summed E-state index contributed by atoms with van der Waals surface area (Å²) in [6.07, 6.45) is 2.73. The van der Waals surface area contributed by atoms with Crippen LogP contribution in [-0.4, -0.2) is 43.7 Å². The lowest BCUT2D eigenvalue weighted by Gasteiger charge is -2.30. The van der Waals surface area contributed by atoms with Gasteiger partial charge in [0.25, 0.3) is 5.91 Å². The monoisotopic (exact) mass is 485 g/mol. The number of aromatic nitrogens is 1. The van der Waals surface area contributed by atoms with Crippen molar-refractivity contribution >= 4 is 34.1 Å². The van der Waals surface area contributed by atoms with Crippen molar-refractivity contribution in [3.05, 3.63) is 78.5 Å². The van der Waals surface area contributed by atoms with Crippen LogP contribution in [0.2, 0.25) is 0 Å². The molecule has 0 saturated heterocycles. The molecule has 1 aromatic heterocycles. The van der Waals surface area contributed by atoms with Crippen LogP contribution in [0.25, 0.3) is 10.9 Å². The highest BCUT2D eigenvalue weighted by molar-refractivity contribution is 6.00. The van der Waals surface area contributed by atoms with Crippen LogP contribution in [-0.2, 0) is 16.0 Å². The lowest BCUT2D eigenvalue weighted by Crippen LogP contribution is -2.39. The first-order valence-corrected chi connectivity index (χ1v) is 11.8. The fourth-order valence-electron chi connectivity index (χ4n) is 4.27. The summed E-state index contributed by atoms with van der Waals surface area (Å²) in [6, 6.07) is 20.6. The molecule has 4 aromatic rings. The third-order valence-corrected chi connectivity index (χ3v) is 6.07. The molecule has 2 heterocycles. The Kier molecular flexibility index (Phi) is 6.75. The Labute approximate surface area is 208 Å². The van der Waals surface area contributed by atoms with Gasteiger partial charge in [-0.25, -0.2) is 0 Å². The number of benzene rings is 3. The number of carbonyl (C=O) groups excluding carboxylic acids is 2. The molecule has 184 valence electrons. The maximum absolute atomic E-state index is 12.8. The fourth-order valence-corrected chi connectivity index (χ4v) is 4.27. The number of anilines is 2. The zero-order valence-corrected chi connectivity index (χ0v) is 20.0. The van der Waals surface area contributed by atoms with Crippen LogP contribution in [0.15, 0.2) is 72.9 Å². The molecule has 0 bridgehead atoms. The first-order chi connectivity index (χ1) is 17.6. The fraction of sp³-hybridized carbons (Fsp3) is 0.214. The van der Waals surface area contributed by atoms with Gasteiger partial charge in [0.1, 0.15) is 17.2 Å². The van der Waals surface area contributed by atoms with Crippen LogP contribution in [0.1, 0.15) is 12.0 Å². The standard InChI is InChI=1S/C28H27N3O5/c1-34-21-8-10-22(11-9-21)35-14-4-13-31-25-16-20(7-12-26(25)36-18-28(31)33)30-27(32)15-19-17-29-24-6-3-2-5-23(19)24/h2-3,5-12,16-17,29H,4,13-15,18H2,1H3,(H,30,32). The van der Waals surface area contributed by atoms with Gasteiger partial charge in [0.15, 0.2) is 6.61 Å². The number of hydrogen-bond acceptors (Lipinski definition) is 5. The van der Waals surface area contributed by atoms with E-state index in [9.17, 15) is 9.59 Å². The van der Waals surface area contributed by atoms with E-state index in [-0.39, 0.29) is 24.8 Å². The molecule has 8 nitrogen and oxygen atoms in total. The van der Waals surface area contributed by atoms with Gasteiger partial charge in [-0.05, 0) is 60.5 Å². The summed E-state index contributed by atoms with van der Waals surface area (Å²) in [4.78, 5) is 30.3. The number of methoxy groups -OCH3 is 1. The van der Waals surface area contributed by atoms with Gasteiger partial charge in [0.05, 0.1) is 25.8 Å². The van der Waals surface area contributed by atoms with E-state index in [1.807, 2.05) is 54.7 Å². The molecular formula is C28H27N3O5. The van der Waals surface area contributed by atoms with E-state index in [0.717, 1.165) is 28.0 Å². The highest BCUT2D eigenvalue weighted by Crippen LogP contribution is 2.35. The van der Waals surface area contributed by atoms with Crippen LogP contribution >= 0.6 is 0 Å². The summed E-state index contributed by atoms with van der Waals surface area (Å²) in [6.45, 7) is 0.907. The van der Waals surface area contributed by atoms with Gasteiger partial charge in [-0.1, -0.05) is 18.2 Å². The first-order valence-electron chi connectivity index (χ1n) is 11.8. The van der Waals surface area contributed by atoms with E-state index in [1.54, 1.807) is 30.2 Å². The smallest absolute Gasteiger partial charge is 0.265 e. The molecule has 1 aliphatic rings. The molecule has 8 heteroatoms. The topological polar surface area (TPSA) is 92.9 Å². The minimum atomic E-state index is -0.137. The summed E-state index contributed by atoms with van der Waals surface area (Å²) >= 11 is 0. The molecule has 5 rings (SSSR count). The van der Waals surface area contributed by atoms with Crippen molar-refractivity contribution in [2.45, 2.75) is 12.8 Å². The number of aromatic amines is 1. The number of hydrogen-bond donors (Lipinski definition) is 2. The lowest BCUT2D eigenvalue weighted by molar-refractivity contribution is -0.121. The quantitative estimate of drug-likeness (QED) is 0.339. The van der Waals surface area contributed by atoms with Crippen molar-refractivity contribution < 1.29 is 23.8 Å². The van der Waals surface area contributed by atoms with Gasteiger partial charge in [0.2, 0.25) is 5.91 Å². The van der Waals surface area contributed by atoms with E-state index < -0.39 is 0 Å². The summed E-state index contributed by atoms with van der Waals surface area (Å²) in [7, 11) is 1.62. The average Bonchev–Trinajstić information content (AvgIpc) is 3.30. The Balaban J connectivity index is 1.21. The maximum atomic E-state index is 12.8. The van der Waals surface area contributed by atoms with Crippen molar-refractivity contribution in [3.63, 3.8) is 0 Å². The van der Waals surface area contributed by atoms with Gasteiger partial charge < -0.3 is 29.4 Å². The van der Waals surface area contributed by atoms with Crippen LogP contribution in [0.4, 0.5) is 11.4 Å². The predicted molar refractivity (Wildman–Crippen MR) is 138 cm³/mol. The maximum Gasteiger partial charge on any atom is 0.265 e. The lowest BCUT2D eigenvalue weighted by atomic mass is 10.1. The largest absolute Gasteiger partial charge is 0.497 e. The molecule has 0 atom stereocenters.